The highest BCUT2D eigenvalue weighted by molar-refractivity contribution is 5.81. The molecule has 0 saturated heterocycles. The molecule has 0 aliphatic heterocycles. The molecule has 1 aromatic heterocycles. The Labute approximate surface area is 61.7 Å². The standard InChI is InChI=1S/C6H5FN2O2/c7-4-2-1-3-5(8-4)9-6(10)11/h1-3H,(H,8,9)(H,10,11). The van der Waals surface area contributed by atoms with Crippen molar-refractivity contribution in [3.63, 3.8) is 0 Å². The van der Waals surface area contributed by atoms with Crippen molar-refractivity contribution in [2.45, 2.75) is 0 Å². The van der Waals surface area contributed by atoms with Gasteiger partial charge in [0.1, 0.15) is 5.82 Å². The molecule has 0 unspecified atom stereocenters. The molecule has 11 heavy (non-hydrogen) atoms. The predicted octanol–water partition coefficient (Wildman–Crippen LogP) is 1.31. The van der Waals surface area contributed by atoms with Crippen LogP contribution in [0.25, 0.3) is 0 Å². The lowest BCUT2D eigenvalue weighted by Gasteiger charge is -1.96. The number of carboxylic acid groups (broad SMARTS) is 1. The zero-order valence-corrected chi connectivity index (χ0v) is 5.41. The van der Waals surface area contributed by atoms with Crippen molar-refractivity contribution >= 4 is 11.9 Å². The molecule has 0 fully saturated rings. The number of nitrogens with one attached hydrogen (secondary N) is 1. The number of nitrogens with zero attached hydrogens (tertiary/aromatic N) is 1. The van der Waals surface area contributed by atoms with Crippen LogP contribution in [-0.2, 0) is 0 Å². The first-order chi connectivity index (χ1) is 5.18. The first kappa shape index (κ1) is 7.46. The van der Waals surface area contributed by atoms with Gasteiger partial charge >= 0.3 is 6.09 Å². The number of rotatable bonds is 1. The summed E-state index contributed by atoms with van der Waals surface area (Å²) in [6.45, 7) is 0. The molecule has 58 valence electrons. The van der Waals surface area contributed by atoms with E-state index in [1.165, 1.54) is 12.1 Å². The highest BCUT2D eigenvalue weighted by atomic mass is 19.1. The van der Waals surface area contributed by atoms with Gasteiger partial charge in [-0.1, -0.05) is 6.07 Å². The molecule has 0 radical (unpaired) electrons. The molecule has 1 aromatic rings. The highest BCUT2D eigenvalue weighted by Crippen LogP contribution is 2.02. The van der Waals surface area contributed by atoms with Gasteiger partial charge < -0.3 is 5.11 Å². The second-order valence-corrected chi connectivity index (χ2v) is 1.78. The fraction of sp³-hybridized carbons (Fsp3) is 0. The van der Waals surface area contributed by atoms with Gasteiger partial charge in [-0.25, -0.2) is 9.78 Å². The minimum absolute atomic E-state index is 0.0162. The average molecular weight is 156 g/mol. The topological polar surface area (TPSA) is 62.2 Å². The molecule has 0 aliphatic rings. The van der Waals surface area contributed by atoms with Gasteiger partial charge in [-0.2, -0.15) is 4.39 Å². The van der Waals surface area contributed by atoms with E-state index in [4.69, 9.17) is 5.11 Å². The maximum absolute atomic E-state index is 12.3. The molecule has 0 atom stereocenters. The van der Waals surface area contributed by atoms with Crippen LogP contribution in [0, 0.1) is 5.95 Å². The van der Waals surface area contributed by atoms with Crippen molar-refractivity contribution < 1.29 is 14.3 Å². The van der Waals surface area contributed by atoms with Crippen LogP contribution in [0.3, 0.4) is 0 Å². The summed E-state index contributed by atoms with van der Waals surface area (Å²) in [6, 6.07) is 3.86. The van der Waals surface area contributed by atoms with Crippen LogP contribution in [0.4, 0.5) is 15.0 Å². The average Bonchev–Trinajstić information content (AvgIpc) is 1.85. The Hall–Kier alpha value is -1.65. The van der Waals surface area contributed by atoms with Crippen LogP contribution in [-0.4, -0.2) is 16.2 Å². The van der Waals surface area contributed by atoms with Gasteiger partial charge in [0.05, 0.1) is 0 Å². The third-order valence-corrected chi connectivity index (χ3v) is 0.950. The minimum Gasteiger partial charge on any atom is -0.465 e. The lowest BCUT2D eigenvalue weighted by atomic mass is 10.4. The summed E-state index contributed by atoms with van der Waals surface area (Å²) in [5, 5.41) is 10.1. The molecule has 5 heteroatoms. The number of hydrogen-bond acceptors (Lipinski definition) is 2. The minimum atomic E-state index is -1.26. The summed E-state index contributed by atoms with van der Waals surface area (Å²) in [5.74, 6) is -0.728. The van der Waals surface area contributed by atoms with Crippen LogP contribution < -0.4 is 5.32 Å². The van der Waals surface area contributed by atoms with E-state index < -0.39 is 12.0 Å². The second kappa shape index (κ2) is 2.96. The molecule has 4 nitrogen and oxygen atoms in total. The summed E-state index contributed by atoms with van der Waals surface area (Å²) in [7, 11) is 0. The SMILES string of the molecule is O=C(O)Nc1cccc(F)n1. The van der Waals surface area contributed by atoms with Crippen LogP contribution in [0.5, 0.6) is 0 Å². The van der Waals surface area contributed by atoms with E-state index in [1.807, 2.05) is 5.32 Å². The Kier molecular flexibility index (Phi) is 2.00. The molecule has 0 spiro atoms. The summed E-state index contributed by atoms with van der Waals surface area (Å²) in [6.07, 6.45) is -1.26. The fourth-order valence-corrected chi connectivity index (χ4v) is 0.587. The molecular formula is C6H5FN2O2. The summed E-state index contributed by atoms with van der Waals surface area (Å²) < 4.78 is 12.3. The summed E-state index contributed by atoms with van der Waals surface area (Å²) in [4.78, 5) is 13.3. The van der Waals surface area contributed by atoms with Crippen LogP contribution in [0.2, 0.25) is 0 Å². The van der Waals surface area contributed by atoms with Gasteiger partial charge in [0.2, 0.25) is 5.95 Å². The lowest BCUT2D eigenvalue weighted by molar-refractivity contribution is 0.209. The Morgan fingerprint density at radius 2 is 2.36 bits per heavy atom. The van der Waals surface area contributed by atoms with E-state index in [2.05, 4.69) is 4.98 Å². The predicted molar refractivity (Wildman–Crippen MR) is 35.8 cm³/mol. The van der Waals surface area contributed by atoms with Gasteiger partial charge in [-0.15, -0.1) is 0 Å². The van der Waals surface area contributed by atoms with E-state index in [0.717, 1.165) is 6.07 Å². The quantitative estimate of drug-likeness (QED) is 0.602. The van der Waals surface area contributed by atoms with Crippen molar-refractivity contribution in [3.8, 4) is 0 Å². The maximum atomic E-state index is 12.3. The Morgan fingerprint density at radius 3 is 2.91 bits per heavy atom. The smallest absolute Gasteiger partial charge is 0.410 e. The number of aromatic nitrogens is 1. The molecule has 1 rings (SSSR count). The van der Waals surface area contributed by atoms with Crippen molar-refractivity contribution in [2.24, 2.45) is 0 Å². The number of halogens is 1. The first-order valence-corrected chi connectivity index (χ1v) is 2.81. The van der Waals surface area contributed by atoms with Crippen molar-refractivity contribution in [2.75, 3.05) is 5.32 Å². The Balaban J connectivity index is 2.79. The normalized spacial score (nSPS) is 9.18. The molecule has 0 aromatic carbocycles. The third-order valence-electron chi connectivity index (χ3n) is 0.950. The van der Waals surface area contributed by atoms with Crippen molar-refractivity contribution in [1.82, 2.24) is 4.98 Å². The van der Waals surface area contributed by atoms with Crippen LogP contribution >= 0.6 is 0 Å². The Bertz CT molecular complexity index is 277. The second-order valence-electron chi connectivity index (χ2n) is 1.78. The molecule has 0 bridgehead atoms. The molecule has 1 heterocycles. The zero-order chi connectivity index (χ0) is 8.27. The first-order valence-electron chi connectivity index (χ1n) is 2.81. The van der Waals surface area contributed by atoms with E-state index in [-0.39, 0.29) is 5.82 Å². The van der Waals surface area contributed by atoms with Gasteiger partial charge in [0.25, 0.3) is 0 Å². The van der Waals surface area contributed by atoms with Crippen molar-refractivity contribution in [3.05, 3.63) is 24.1 Å². The van der Waals surface area contributed by atoms with Crippen molar-refractivity contribution in [1.29, 1.82) is 0 Å². The van der Waals surface area contributed by atoms with Gasteiger partial charge in [0.15, 0.2) is 0 Å². The zero-order valence-electron chi connectivity index (χ0n) is 5.41. The number of hydrogen-bond donors (Lipinski definition) is 2. The number of carbonyl (C=O) groups is 1. The monoisotopic (exact) mass is 156 g/mol. The summed E-state index contributed by atoms with van der Waals surface area (Å²) >= 11 is 0. The number of anilines is 1. The van der Waals surface area contributed by atoms with E-state index in [0.29, 0.717) is 0 Å². The lowest BCUT2D eigenvalue weighted by Crippen LogP contribution is -2.08. The van der Waals surface area contributed by atoms with E-state index in [9.17, 15) is 9.18 Å². The fourth-order valence-electron chi connectivity index (χ4n) is 0.587. The molecule has 0 aliphatic carbocycles. The summed E-state index contributed by atoms with van der Waals surface area (Å²) in [5.41, 5.74) is 0. The van der Waals surface area contributed by atoms with Gasteiger partial charge in [-0.3, -0.25) is 5.32 Å². The third kappa shape index (κ3) is 2.21. The molecule has 1 amide bonds. The number of pyridine rings is 1. The van der Waals surface area contributed by atoms with E-state index >= 15 is 0 Å². The highest BCUT2D eigenvalue weighted by Gasteiger charge is 1.98. The largest absolute Gasteiger partial charge is 0.465 e. The molecule has 2 N–H and O–H groups in total. The van der Waals surface area contributed by atoms with Gasteiger partial charge in [-0.05, 0) is 12.1 Å². The number of amides is 1. The van der Waals surface area contributed by atoms with Crippen LogP contribution in [0.1, 0.15) is 0 Å². The van der Waals surface area contributed by atoms with Gasteiger partial charge in [0, 0.05) is 0 Å². The van der Waals surface area contributed by atoms with E-state index in [1.54, 1.807) is 0 Å². The molecule has 0 saturated carbocycles. The maximum Gasteiger partial charge on any atom is 0.410 e. The Morgan fingerprint density at radius 1 is 1.64 bits per heavy atom. The van der Waals surface area contributed by atoms with Crippen LogP contribution in [0.15, 0.2) is 18.2 Å². The molecular weight excluding hydrogens is 151 g/mol.